The number of rotatable bonds is 5. The van der Waals surface area contributed by atoms with Crippen LogP contribution in [-0.4, -0.2) is 24.8 Å². The summed E-state index contributed by atoms with van der Waals surface area (Å²) in [4.78, 5) is 1.56. The van der Waals surface area contributed by atoms with Gasteiger partial charge in [0.2, 0.25) is 0 Å². The highest BCUT2D eigenvalue weighted by Gasteiger charge is 2.12. The second kappa shape index (κ2) is 6.01. The van der Waals surface area contributed by atoms with E-state index in [1.807, 2.05) is 30.1 Å². The van der Waals surface area contributed by atoms with Crippen molar-refractivity contribution >= 4 is 5.69 Å². The lowest BCUT2D eigenvalue weighted by Crippen LogP contribution is -2.06. The van der Waals surface area contributed by atoms with E-state index in [0.29, 0.717) is 6.54 Å². The number of nitrogens with one attached hydrogen (secondary N) is 1. The van der Waals surface area contributed by atoms with Gasteiger partial charge in [0.15, 0.2) is 0 Å². The fraction of sp³-hybridized carbons (Fsp3) is 0.312. The van der Waals surface area contributed by atoms with Crippen LogP contribution in [0.2, 0.25) is 0 Å². The Morgan fingerprint density at radius 3 is 2.64 bits per heavy atom. The summed E-state index contributed by atoms with van der Waals surface area (Å²) in [6, 6.07) is 8.27. The van der Waals surface area contributed by atoms with E-state index in [-0.39, 0.29) is 0 Å². The van der Waals surface area contributed by atoms with Gasteiger partial charge in [0.25, 0.3) is 0 Å². The fourth-order valence-corrected chi connectivity index (χ4v) is 2.52. The summed E-state index contributed by atoms with van der Waals surface area (Å²) in [6.07, 6.45) is 4.54. The molecule has 0 spiro atoms. The minimum absolute atomic E-state index is 0.639. The molecule has 0 aliphatic rings. The summed E-state index contributed by atoms with van der Waals surface area (Å²) >= 11 is 0. The zero-order chi connectivity index (χ0) is 15.5. The van der Waals surface area contributed by atoms with Gasteiger partial charge < -0.3 is 5.32 Å². The van der Waals surface area contributed by atoms with E-state index in [9.17, 15) is 0 Å². The summed E-state index contributed by atoms with van der Waals surface area (Å²) in [5, 5.41) is 16.3. The van der Waals surface area contributed by atoms with Crippen molar-refractivity contribution in [1.82, 2.24) is 24.8 Å². The SMILES string of the molecule is CCc1c(NCc2cnn(C)n2)cnn1-c1ccccc1C. The standard InChI is InChI=1S/C16H20N6/c1-4-15-14(17-9-13-10-18-21(3)20-13)11-19-22(15)16-8-6-5-7-12(16)2/h5-8,10-11,17H,4,9H2,1-3H3. The maximum absolute atomic E-state index is 4.55. The molecule has 0 radical (unpaired) electrons. The van der Waals surface area contributed by atoms with Crippen molar-refractivity contribution in [2.24, 2.45) is 7.05 Å². The first kappa shape index (κ1) is 14.3. The zero-order valence-corrected chi connectivity index (χ0v) is 13.1. The molecule has 0 bridgehead atoms. The molecule has 1 N–H and O–H groups in total. The number of aromatic nitrogens is 5. The Labute approximate surface area is 129 Å². The van der Waals surface area contributed by atoms with Crippen LogP contribution in [0.5, 0.6) is 0 Å². The summed E-state index contributed by atoms with van der Waals surface area (Å²) < 4.78 is 2.01. The molecule has 6 nitrogen and oxygen atoms in total. The number of benzene rings is 1. The van der Waals surface area contributed by atoms with Gasteiger partial charge in [0.1, 0.15) is 5.69 Å². The van der Waals surface area contributed by atoms with Gasteiger partial charge in [-0.2, -0.15) is 20.1 Å². The summed E-state index contributed by atoms with van der Waals surface area (Å²) in [7, 11) is 1.82. The van der Waals surface area contributed by atoms with Crippen molar-refractivity contribution in [3.8, 4) is 5.69 Å². The quantitative estimate of drug-likeness (QED) is 0.786. The maximum atomic E-state index is 4.55. The third-order valence-corrected chi connectivity index (χ3v) is 3.65. The Hall–Kier alpha value is -2.63. The van der Waals surface area contributed by atoms with Gasteiger partial charge in [-0.1, -0.05) is 25.1 Å². The Bertz CT molecular complexity index is 771. The minimum Gasteiger partial charge on any atom is -0.376 e. The first-order valence-corrected chi connectivity index (χ1v) is 7.41. The normalized spacial score (nSPS) is 10.9. The van der Waals surface area contributed by atoms with Crippen molar-refractivity contribution < 1.29 is 0 Å². The van der Waals surface area contributed by atoms with Crippen molar-refractivity contribution in [1.29, 1.82) is 0 Å². The molecule has 0 amide bonds. The van der Waals surface area contributed by atoms with Gasteiger partial charge in [-0.15, -0.1) is 0 Å². The van der Waals surface area contributed by atoms with Crippen LogP contribution >= 0.6 is 0 Å². The molecule has 0 atom stereocenters. The van der Waals surface area contributed by atoms with Gasteiger partial charge in [0, 0.05) is 7.05 Å². The second-order valence-corrected chi connectivity index (χ2v) is 5.24. The lowest BCUT2D eigenvalue weighted by molar-refractivity contribution is 0.646. The highest BCUT2D eigenvalue weighted by Crippen LogP contribution is 2.22. The number of hydrogen-bond acceptors (Lipinski definition) is 4. The Morgan fingerprint density at radius 1 is 1.14 bits per heavy atom. The van der Waals surface area contributed by atoms with E-state index in [1.54, 1.807) is 11.0 Å². The number of hydrogen-bond donors (Lipinski definition) is 1. The Balaban J connectivity index is 1.86. The van der Waals surface area contributed by atoms with E-state index >= 15 is 0 Å². The van der Waals surface area contributed by atoms with Crippen LogP contribution in [-0.2, 0) is 20.0 Å². The first-order valence-electron chi connectivity index (χ1n) is 7.41. The van der Waals surface area contributed by atoms with E-state index in [2.05, 4.69) is 46.6 Å². The maximum Gasteiger partial charge on any atom is 0.102 e. The lowest BCUT2D eigenvalue weighted by Gasteiger charge is -2.11. The van der Waals surface area contributed by atoms with Crippen molar-refractivity contribution in [2.75, 3.05) is 5.32 Å². The first-order chi connectivity index (χ1) is 10.7. The van der Waals surface area contributed by atoms with Crippen LogP contribution in [0.15, 0.2) is 36.7 Å². The molecule has 0 saturated heterocycles. The molecule has 114 valence electrons. The zero-order valence-electron chi connectivity index (χ0n) is 13.1. The summed E-state index contributed by atoms with van der Waals surface area (Å²) in [5.41, 5.74) is 5.44. The Kier molecular flexibility index (Phi) is 3.91. The molecule has 0 unspecified atom stereocenters. The van der Waals surface area contributed by atoms with Crippen LogP contribution in [0.25, 0.3) is 5.69 Å². The van der Waals surface area contributed by atoms with Gasteiger partial charge in [-0.05, 0) is 25.0 Å². The molecule has 1 aromatic carbocycles. The summed E-state index contributed by atoms with van der Waals surface area (Å²) in [6.45, 7) is 4.88. The monoisotopic (exact) mass is 296 g/mol. The predicted molar refractivity (Wildman–Crippen MR) is 86.0 cm³/mol. The Morgan fingerprint density at radius 2 is 1.95 bits per heavy atom. The van der Waals surface area contributed by atoms with Crippen LogP contribution in [0.4, 0.5) is 5.69 Å². The molecular formula is C16H20N6. The van der Waals surface area contributed by atoms with Crippen molar-refractivity contribution in [2.45, 2.75) is 26.8 Å². The van der Waals surface area contributed by atoms with E-state index in [0.717, 1.165) is 29.2 Å². The molecular weight excluding hydrogens is 276 g/mol. The predicted octanol–water partition coefficient (Wildman–Crippen LogP) is 2.48. The molecule has 0 fully saturated rings. The van der Waals surface area contributed by atoms with Crippen LogP contribution in [0, 0.1) is 6.92 Å². The molecule has 0 aliphatic carbocycles. The highest BCUT2D eigenvalue weighted by molar-refractivity contribution is 5.51. The van der Waals surface area contributed by atoms with Gasteiger partial charge in [-0.3, -0.25) is 0 Å². The van der Waals surface area contributed by atoms with Gasteiger partial charge in [-0.25, -0.2) is 4.68 Å². The van der Waals surface area contributed by atoms with E-state index in [1.165, 1.54) is 5.56 Å². The molecule has 2 aromatic heterocycles. The fourth-order valence-electron chi connectivity index (χ4n) is 2.52. The molecule has 3 aromatic rings. The third-order valence-electron chi connectivity index (χ3n) is 3.65. The smallest absolute Gasteiger partial charge is 0.102 e. The van der Waals surface area contributed by atoms with Crippen LogP contribution in [0.1, 0.15) is 23.9 Å². The molecule has 22 heavy (non-hydrogen) atoms. The molecule has 0 saturated carbocycles. The van der Waals surface area contributed by atoms with Crippen molar-refractivity contribution in [3.05, 3.63) is 53.6 Å². The second-order valence-electron chi connectivity index (χ2n) is 5.24. The number of aryl methyl sites for hydroxylation is 2. The highest BCUT2D eigenvalue weighted by atomic mass is 15.4. The van der Waals surface area contributed by atoms with E-state index < -0.39 is 0 Å². The number of anilines is 1. The third kappa shape index (κ3) is 2.72. The average molecular weight is 296 g/mol. The van der Waals surface area contributed by atoms with Gasteiger partial charge >= 0.3 is 0 Å². The molecule has 2 heterocycles. The lowest BCUT2D eigenvalue weighted by atomic mass is 10.2. The van der Waals surface area contributed by atoms with E-state index in [4.69, 9.17) is 0 Å². The number of para-hydroxylation sites is 1. The van der Waals surface area contributed by atoms with Gasteiger partial charge in [0.05, 0.1) is 36.0 Å². The largest absolute Gasteiger partial charge is 0.376 e. The summed E-state index contributed by atoms with van der Waals surface area (Å²) in [5.74, 6) is 0. The topological polar surface area (TPSA) is 60.6 Å². The van der Waals surface area contributed by atoms with Crippen molar-refractivity contribution in [3.63, 3.8) is 0 Å². The number of nitrogens with zero attached hydrogens (tertiary/aromatic N) is 5. The molecule has 6 heteroatoms. The minimum atomic E-state index is 0.639. The average Bonchev–Trinajstić information content (AvgIpc) is 3.11. The van der Waals surface area contributed by atoms with Crippen LogP contribution < -0.4 is 5.32 Å². The molecule has 0 aliphatic heterocycles. The molecule has 3 rings (SSSR count). The van der Waals surface area contributed by atoms with Crippen LogP contribution in [0.3, 0.4) is 0 Å².